The van der Waals surface area contributed by atoms with Gasteiger partial charge in [-0.2, -0.15) is 9.64 Å². The molecule has 1 unspecified atom stereocenters. The summed E-state index contributed by atoms with van der Waals surface area (Å²) < 4.78 is 4.24. The summed E-state index contributed by atoms with van der Waals surface area (Å²) in [6, 6.07) is 11.7. The van der Waals surface area contributed by atoms with Crippen LogP contribution in [0, 0.1) is 17.2 Å². The Hall–Kier alpha value is -1.88. The monoisotopic (exact) mass is 370 g/mol. The fourth-order valence-corrected chi connectivity index (χ4v) is 5.01. The zero-order chi connectivity index (χ0) is 17.2. The number of rotatable bonds is 4. The SMILES string of the molecule is N#Cc1cc(Sc2ccc(C(=O)NC3CN4CCC3CC4)cc2)ns1. The number of hydrogen-bond acceptors (Lipinski definition) is 6. The van der Waals surface area contributed by atoms with E-state index in [0.717, 1.165) is 16.5 Å². The molecule has 0 saturated carbocycles. The van der Waals surface area contributed by atoms with Gasteiger partial charge in [0.05, 0.1) is 0 Å². The summed E-state index contributed by atoms with van der Waals surface area (Å²) in [6.07, 6.45) is 2.39. The van der Waals surface area contributed by atoms with Crippen LogP contribution in [0.5, 0.6) is 0 Å². The van der Waals surface area contributed by atoms with Crippen molar-refractivity contribution in [1.82, 2.24) is 14.6 Å². The van der Waals surface area contributed by atoms with Crippen LogP contribution in [-0.2, 0) is 0 Å². The van der Waals surface area contributed by atoms with E-state index >= 15 is 0 Å². The fraction of sp³-hybridized carbons (Fsp3) is 0.389. The van der Waals surface area contributed by atoms with Crippen LogP contribution >= 0.6 is 23.3 Å². The normalized spacial score (nSPS) is 24.7. The van der Waals surface area contributed by atoms with E-state index in [1.54, 1.807) is 6.07 Å². The second kappa shape index (κ2) is 7.16. The smallest absolute Gasteiger partial charge is 0.251 e. The van der Waals surface area contributed by atoms with E-state index in [-0.39, 0.29) is 11.9 Å². The molecule has 2 bridgehead atoms. The molecule has 5 nitrogen and oxygen atoms in total. The molecule has 25 heavy (non-hydrogen) atoms. The first-order chi connectivity index (χ1) is 12.2. The van der Waals surface area contributed by atoms with Crippen molar-refractivity contribution in [2.75, 3.05) is 19.6 Å². The highest BCUT2D eigenvalue weighted by atomic mass is 32.2. The zero-order valence-electron chi connectivity index (χ0n) is 13.6. The van der Waals surface area contributed by atoms with Crippen LogP contribution in [0.3, 0.4) is 0 Å². The lowest BCUT2D eigenvalue weighted by atomic mass is 9.84. The van der Waals surface area contributed by atoms with E-state index in [1.165, 1.54) is 49.2 Å². The quantitative estimate of drug-likeness (QED) is 0.896. The first-order valence-corrected chi connectivity index (χ1v) is 9.98. The van der Waals surface area contributed by atoms with Crippen molar-refractivity contribution in [3.63, 3.8) is 0 Å². The molecule has 1 aromatic carbocycles. The molecule has 0 aliphatic carbocycles. The van der Waals surface area contributed by atoms with Crippen LogP contribution < -0.4 is 5.32 Å². The number of benzene rings is 1. The van der Waals surface area contributed by atoms with Gasteiger partial charge >= 0.3 is 0 Å². The van der Waals surface area contributed by atoms with E-state index < -0.39 is 0 Å². The van der Waals surface area contributed by atoms with E-state index in [1.807, 2.05) is 24.3 Å². The number of nitrogens with one attached hydrogen (secondary N) is 1. The van der Waals surface area contributed by atoms with Crippen molar-refractivity contribution >= 4 is 29.2 Å². The van der Waals surface area contributed by atoms with Crippen molar-refractivity contribution in [3.05, 3.63) is 40.8 Å². The third-order valence-electron chi connectivity index (χ3n) is 4.91. The summed E-state index contributed by atoms with van der Waals surface area (Å²) >= 11 is 2.70. The number of fused-ring (bicyclic) bond motifs is 3. The minimum Gasteiger partial charge on any atom is -0.348 e. The van der Waals surface area contributed by atoms with Gasteiger partial charge in [-0.3, -0.25) is 4.79 Å². The van der Waals surface area contributed by atoms with Gasteiger partial charge in [-0.15, -0.1) is 0 Å². The predicted molar refractivity (Wildman–Crippen MR) is 97.8 cm³/mol. The number of aromatic nitrogens is 1. The van der Waals surface area contributed by atoms with Crippen LogP contribution in [0.25, 0.3) is 0 Å². The average Bonchev–Trinajstić information content (AvgIpc) is 3.11. The number of piperidine rings is 3. The lowest BCUT2D eigenvalue weighted by molar-refractivity contribution is 0.0620. The lowest BCUT2D eigenvalue weighted by Gasteiger charge is -2.44. The molecule has 7 heteroatoms. The highest BCUT2D eigenvalue weighted by Crippen LogP contribution is 2.29. The molecule has 2 aromatic rings. The third kappa shape index (κ3) is 3.71. The molecule has 0 spiro atoms. The number of carbonyl (C=O) groups is 1. The van der Waals surface area contributed by atoms with Crippen molar-refractivity contribution in [1.29, 1.82) is 5.26 Å². The maximum Gasteiger partial charge on any atom is 0.251 e. The number of nitrogens with zero attached hydrogens (tertiary/aromatic N) is 3. The number of nitriles is 1. The first-order valence-electron chi connectivity index (χ1n) is 8.39. The van der Waals surface area contributed by atoms with Crippen LogP contribution in [0.15, 0.2) is 40.3 Å². The van der Waals surface area contributed by atoms with Gasteiger partial charge in [-0.1, -0.05) is 11.8 Å². The summed E-state index contributed by atoms with van der Waals surface area (Å²) in [5.74, 6) is 0.637. The molecular weight excluding hydrogens is 352 g/mol. The maximum atomic E-state index is 12.5. The lowest BCUT2D eigenvalue weighted by Crippen LogP contribution is -2.57. The molecule has 128 valence electrons. The Balaban J connectivity index is 1.38. The van der Waals surface area contributed by atoms with Gasteiger partial charge in [0.15, 0.2) is 0 Å². The molecule has 3 aliphatic rings. The summed E-state index contributed by atoms with van der Waals surface area (Å²) in [5.41, 5.74) is 0.691. The van der Waals surface area contributed by atoms with Crippen molar-refractivity contribution in [2.45, 2.75) is 28.8 Å². The summed E-state index contributed by atoms with van der Waals surface area (Å²) in [4.78, 5) is 16.6. The highest BCUT2D eigenvalue weighted by molar-refractivity contribution is 7.99. The molecule has 3 saturated heterocycles. The number of hydrogen-bond donors (Lipinski definition) is 1. The standard InChI is InChI=1S/C18H18N4OS2/c19-10-15-9-17(21-25-15)24-14-3-1-13(2-4-14)18(23)20-16-11-22-7-5-12(16)6-8-22/h1-4,9,12,16H,5-8,11H2,(H,20,23). The predicted octanol–water partition coefficient (Wildman–Crippen LogP) is 2.99. The molecule has 5 rings (SSSR count). The Kier molecular flexibility index (Phi) is 4.75. The molecule has 3 aliphatic heterocycles. The largest absolute Gasteiger partial charge is 0.348 e. The van der Waals surface area contributed by atoms with Gasteiger partial charge in [0, 0.05) is 29.1 Å². The topological polar surface area (TPSA) is 69.0 Å². The molecular formula is C18H18N4OS2. The Morgan fingerprint density at radius 1 is 1.32 bits per heavy atom. The van der Waals surface area contributed by atoms with Gasteiger partial charge in [-0.25, -0.2) is 0 Å². The van der Waals surface area contributed by atoms with Crippen LogP contribution in [0.2, 0.25) is 0 Å². The van der Waals surface area contributed by atoms with E-state index in [0.29, 0.717) is 16.4 Å². The molecule has 3 fully saturated rings. The molecule has 1 aromatic heterocycles. The second-order valence-corrected chi connectivity index (χ2v) is 8.38. The number of amides is 1. The van der Waals surface area contributed by atoms with E-state index in [2.05, 4.69) is 20.7 Å². The first kappa shape index (κ1) is 16.6. The van der Waals surface area contributed by atoms with Crippen LogP contribution in [-0.4, -0.2) is 40.9 Å². The van der Waals surface area contributed by atoms with Gasteiger partial charge in [-0.05, 0) is 67.6 Å². The van der Waals surface area contributed by atoms with Gasteiger partial charge in [0.1, 0.15) is 16.0 Å². The Bertz CT molecular complexity index is 803. The fourth-order valence-electron chi connectivity index (χ4n) is 3.54. The van der Waals surface area contributed by atoms with Gasteiger partial charge in [0.25, 0.3) is 5.91 Å². The molecule has 0 radical (unpaired) electrons. The van der Waals surface area contributed by atoms with E-state index in [4.69, 9.17) is 5.26 Å². The highest BCUT2D eigenvalue weighted by Gasteiger charge is 2.34. The summed E-state index contributed by atoms with van der Waals surface area (Å²) in [6.45, 7) is 3.33. The minimum atomic E-state index is 0.00993. The van der Waals surface area contributed by atoms with Crippen molar-refractivity contribution in [2.24, 2.45) is 5.92 Å². The van der Waals surface area contributed by atoms with Crippen molar-refractivity contribution in [3.8, 4) is 6.07 Å². The van der Waals surface area contributed by atoms with Gasteiger partial charge in [0.2, 0.25) is 0 Å². The van der Waals surface area contributed by atoms with Gasteiger partial charge < -0.3 is 10.2 Å². The minimum absolute atomic E-state index is 0.00993. The molecule has 1 amide bonds. The summed E-state index contributed by atoms with van der Waals surface area (Å²) in [7, 11) is 0. The van der Waals surface area contributed by atoms with Crippen molar-refractivity contribution < 1.29 is 4.79 Å². The molecule has 1 N–H and O–H groups in total. The average molecular weight is 371 g/mol. The Morgan fingerprint density at radius 3 is 2.68 bits per heavy atom. The van der Waals surface area contributed by atoms with Crippen LogP contribution in [0.4, 0.5) is 0 Å². The Labute approximate surface area is 155 Å². The zero-order valence-corrected chi connectivity index (χ0v) is 15.3. The second-order valence-electron chi connectivity index (χ2n) is 6.49. The molecule has 1 atom stereocenters. The number of carbonyl (C=O) groups excluding carboxylic acids is 1. The Morgan fingerprint density at radius 2 is 2.08 bits per heavy atom. The third-order valence-corrected chi connectivity index (χ3v) is 6.65. The van der Waals surface area contributed by atoms with Crippen LogP contribution in [0.1, 0.15) is 28.1 Å². The maximum absolute atomic E-state index is 12.5. The summed E-state index contributed by atoms with van der Waals surface area (Å²) in [5, 5.41) is 12.9. The molecule has 4 heterocycles. The van der Waals surface area contributed by atoms with E-state index in [9.17, 15) is 4.79 Å².